The summed E-state index contributed by atoms with van der Waals surface area (Å²) in [7, 11) is 3.95. The number of anilines is 1. The van der Waals surface area contributed by atoms with Crippen LogP contribution in [0.3, 0.4) is 0 Å². The molecule has 7 nitrogen and oxygen atoms in total. The number of rotatable bonds is 8. The largest absolute Gasteiger partial charge is 0.379 e. The summed E-state index contributed by atoms with van der Waals surface area (Å²) in [5, 5.41) is 7.55. The number of nitrogens with zero attached hydrogens (tertiary/aromatic N) is 3. The lowest BCUT2D eigenvalue weighted by Crippen LogP contribution is -2.45. The van der Waals surface area contributed by atoms with Crippen molar-refractivity contribution in [3.05, 3.63) is 28.8 Å². The highest BCUT2D eigenvalue weighted by molar-refractivity contribution is 14.0. The van der Waals surface area contributed by atoms with Gasteiger partial charge in [-0.1, -0.05) is 17.7 Å². The number of ether oxygens (including phenoxy) is 2. The van der Waals surface area contributed by atoms with Gasteiger partial charge in [-0.25, -0.2) is 0 Å². The van der Waals surface area contributed by atoms with Crippen molar-refractivity contribution in [1.29, 1.82) is 0 Å². The summed E-state index contributed by atoms with van der Waals surface area (Å²) >= 11 is 6.55. The van der Waals surface area contributed by atoms with Gasteiger partial charge in [0.1, 0.15) is 0 Å². The number of nitrogens with one attached hydrogen (secondary N) is 2. The van der Waals surface area contributed by atoms with Crippen molar-refractivity contribution in [2.45, 2.75) is 25.5 Å². The van der Waals surface area contributed by atoms with Crippen molar-refractivity contribution < 1.29 is 9.47 Å². The van der Waals surface area contributed by atoms with Crippen molar-refractivity contribution in [1.82, 2.24) is 15.5 Å². The second kappa shape index (κ2) is 13.6. The first kappa shape index (κ1) is 25.5. The van der Waals surface area contributed by atoms with Crippen LogP contribution >= 0.6 is 35.6 Å². The van der Waals surface area contributed by atoms with Gasteiger partial charge in [0.15, 0.2) is 5.96 Å². The number of hydrogen-bond acceptors (Lipinski definition) is 5. The summed E-state index contributed by atoms with van der Waals surface area (Å²) in [5.41, 5.74) is 2.33. The third-order valence-electron chi connectivity index (χ3n) is 5.45. The molecule has 2 aliphatic rings. The minimum Gasteiger partial charge on any atom is -0.379 e. The Labute approximate surface area is 202 Å². The van der Waals surface area contributed by atoms with Crippen LogP contribution in [0.1, 0.15) is 18.4 Å². The van der Waals surface area contributed by atoms with Gasteiger partial charge < -0.3 is 29.9 Å². The minimum absolute atomic E-state index is 0. The molecule has 170 valence electrons. The number of guanidine groups is 1. The van der Waals surface area contributed by atoms with Crippen LogP contribution in [0.15, 0.2) is 23.2 Å². The molecule has 2 aliphatic heterocycles. The normalized spacial score (nSPS) is 20.2. The number of benzene rings is 1. The second-order valence-electron chi connectivity index (χ2n) is 7.59. The number of hydrogen-bond donors (Lipinski definition) is 2. The molecule has 2 N–H and O–H groups in total. The Morgan fingerprint density at radius 3 is 2.77 bits per heavy atom. The SMILES string of the molecule is CN=C(NCCCOC1CCOC1)NCc1c(Cl)cccc1N1CCN(C)CC1.I. The molecule has 1 unspecified atom stereocenters. The van der Waals surface area contributed by atoms with E-state index < -0.39 is 0 Å². The summed E-state index contributed by atoms with van der Waals surface area (Å²) in [6, 6.07) is 6.15. The zero-order valence-corrected chi connectivity index (χ0v) is 21.1. The standard InChI is InChI=1S/C21H34ClN5O2.HI/c1-23-21(24-8-4-13-29-17-7-14-28-16-17)25-15-18-19(22)5-3-6-20(18)27-11-9-26(2)10-12-27;/h3,5-6,17H,4,7-16H2,1-2H3,(H2,23,24,25);1H. The lowest BCUT2D eigenvalue weighted by molar-refractivity contribution is 0.0420. The number of piperazine rings is 1. The molecule has 9 heteroatoms. The molecule has 1 aromatic rings. The smallest absolute Gasteiger partial charge is 0.191 e. The molecular weight excluding hydrogens is 517 g/mol. The van der Waals surface area contributed by atoms with Crippen molar-refractivity contribution in [2.75, 3.05) is 71.5 Å². The Morgan fingerprint density at radius 1 is 1.27 bits per heavy atom. The molecule has 3 rings (SSSR count). The van der Waals surface area contributed by atoms with Crippen molar-refractivity contribution in [3.8, 4) is 0 Å². The van der Waals surface area contributed by atoms with E-state index in [0.29, 0.717) is 6.54 Å². The summed E-state index contributed by atoms with van der Waals surface area (Å²) < 4.78 is 11.1. The lowest BCUT2D eigenvalue weighted by atomic mass is 10.1. The highest BCUT2D eigenvalue weighted by Crippen LogP contribution is 2.28. The highest BCUT2D eigenvalue weighted by Gasteiger charge is 2.19. The van der Waals surface area contributed by atoms with Crippen LogP contribution < -0.4 is 15.5 Å². The van der Waals surface area contributed by atoms with Gasteiger partial charge in [0.2, 0.25) is 0 Å². The first-order chi connectivity index (χ1) is 14.2. The molecule has 1 aromatic carbocycles. The van der Waals surface area contributed by atoms with Crippen LogP contribution in [-0.4, -0.2) is 83.6 Å². The van der Waals surface area contributed by atoms with E-state index in [1.165, 1.54) is 5.69 Å². The van der Waals surface area contributed by atoms with Gasteiger partial charge in [-0.3, -0.25) is 4.99 Å². The van der Waals surface area contributed by atoms with E-state index in [-0.39, 0.29) is 30.1 Å². The maximum atomic E-state index is 6.55. The molecule has 30 heavy (non-hydrogen) atoms. The quantitative estimate of drug-likeness (QED) is 0.224. The number of halogens is 2. The van der Waals surface area contributed by atoms with E-state index in [2.05, 4.69) is 38.5 Å². The molecule has 0 bridgehead atoms. The average molecular weight is 552 g/mol. The average Bonchev–Trinajstić information content (AvgIpc) is 3.25. The molecule has 0 amide bonds. The predicted octanol–water partition coefficient (Wildman–Crippen LogP) is 2.57. The van der Waals surface area contributed by atoms with E-state index in [1.807, 2.05) is 12.1 Å². The van der Waals surface area contributed by atoms with Crippen LogP contribution in [0.4, 0.5) is 5.69 Å². The van der Waals surface area contributed by atoms with Crippen molar-refractivity contribution in [2.24, 2.45) is 4.99 Å². The van der Waals surface area contributed by atoms with Crippen LogP contribution in [0.5, 0.6) is 0 Å². The highest BCUT2D eigenvalue weighted by atomic mass is 127. The maximum absolute atomic E-state index is 6.55. The van der Waals surface area contributed by atoms with Gasteiger partial charge in [-0.2, -0.15) is 0 Å². The van der Waals surface area contributed by atoms with Gasteiger partial charge in [0.25, 0.3) is 0 Å². The lowest BCUT2D eigenvalue weighted by Gasteiger charge is -2.35. The topological polar surface area (TPSA) is 61.4 Å². The number of aliphatic imine (C=N–C) groups is 1. The summed E-state index contributed by atoms with van der Waals surface area (Å²) in [6.45, 7) is 7.89. The predicted molar refractivity (Wildman–Crippen MR) is 135 cm³/mol. The van der Waals surface area contributed by atoms with Crippen LogP contribution in [0.25, 0.3) is 0 Å². The van der Waals surface area contributed by atoms with Gasteiger partial charge in [-0.15, -0.1) is 24.0 Å². The zero-order chi connectivity index (χ0) is 20.5. The Hall–Kier alpha value is -0.810. The Morgan fingerprint density at radius 2 is 2.07 bits per heavy atom. The molecule has 0 aliphatic carbocycles. The van der Waals surface area contributed by atoms with Crippen molar-refractivity contribution >= 4 is 47.2 Å². The van der Waals surface area contributed by atoms with Gasteiger partial charge in [0, 0.05) is 75.8 Å². The fourth-order valence-electron chi connectivity index (χ4n) is 3.63. The molecular formula is C21H35ClIN5O2. The fourth-order valence-corrected chi connectivity index (χ4v) is 3.87. The third-order valence-corrected chi connectivity index (χ3v) is 5.80. The summed E-state index contributed by atoms with van der Waals surface area (Å²) in [4.78, 5) is 9.11. The number of likely N-dealkylation sites (N-methyl/N-ethyl adjacent to an activating group) is 1. The summed E-state index contributed by atoms with van der Waals surface area (Å²) in [6.07, 6.45) is 2.20. The molecule has 0 spiro atoms. The van der Waals surface area contributed by atoms with E-state index >= 15 is 0 Å². The van der Waals surface area contributed by atoms with E-state index in [4.69, 9.17) is 21.1 Å². The van der Waals surface area contributed by atoms with Crippen LogP contribution in [0, 0.1) is 0 Å². The monoisotopic (exact) mass is 551 g/mol. The molecule has 2 heterocycles. The molecule has 0 aromatic heterocycles. The van der Waals surface area contributed by atoms with E-state index in [9.17, 15) is 0 Å². The van der Waals surface area contributed by atoms with Crippen LogP contribution in [-0.2, 0) is 16.0 Å². The third kappa shape index (κ3) is 7.71. The zero-order valence-electron chi connectivity index (χ0n) is 18.0. The molecule has 2 fully saturated rings. The summed E-state index contributed by atoms with van der Waals surface area (Å²) in [5.74, 6) is 0.776. The fraction of sp³-hybridized carbons (Fsp3) is 0.667. The first-order valence-electron chi connectivity index (χ1n) is 10.5. The molecule has 0 radical (unpaired) electrons. The molecule has 2 saturated heterocycles. The Bertz CT molecular complexity index is 665. The van der Waals surface area contributed by atoms with Crippen LogP contribution in [0.2, 0.25) is 5.02 Å². The van der Waals surface area contributed by atoms with Gasteiger partial charge >= 0.3 is 0 Å². The first-order valence-corrected chi connectivity index (χ1v) is 10.9. The van der Waals surface area contributed by atoms with Gasteiger partial charge in [-0.05, 0) is 32.0 Å². The Kier molecular flexibility index (Phi) is 11.5. The second-order valence-corrected chi connectivity index (χ2v) is 8.00. The Balaban J connectivity index is 0.00000320. The maximum Gasteiger partial charge on any atom is 0.191 e. The van der Waals surface area contributed by atoms with E-state index in [0.717, 1.165) is 81.9 Å². The van der Waals surface area contributed by atoms with Crippen molar-refractivity contribution in [3.63, 3.8) is 0 Å². The van der Waals surface area contributed by atoms with Gasteiger partial charge in [0.05, 0.1) is 12.7 Å². The molecule has 1 atom stereocenters. The minimum atomic E-state index is 0. The van der Waals surface area contributed by atoms with E-state index in [1.54, 1.807) is 7.05 Å². The molecule has 0 saturated carbocycles.